The normalized spacial score (nSPS) is 21.9. The first-order valence-electron chi connectivity index (χ1n) is 7.43. The smallest absolute Gasteiger partial charge is 0.124 e. The van der Waals surface area contributed by atoms with E-state index in [1.807, 2.05) is 11.8 Å². The minimum absolute atomic E-state index is 0.230. The number of nitriles is 1. The molecule has 3 rings (SSSR count). The van der Waals surface area contributed by atoms with Crippen LogP contribution in [0, 0.1) is 30.0 Å². The van der Waals surface area contributed by atoms with E-state index in [9.17, 15) is 14.8 Å². The zero-order chi connectivity index (χ0) is 15.9. The van der Waals surface area contributed by atoms with Crippen molar-refractivity contribution in [3.63, 3.8) is 0 Å². The summed E-state index contributed by atoms with van der Waals surface area (Å²) in [6, 6.07) is 5.01. The number of aromatic nitrogens is 1. The number of aliphatic hydroxyl groups excluding tert-OH is 1. The van der Waals surface area contributed by atoms with Crippen molar-refractivity contribution in [2.45, 2.75) is 26.4 Å². The summed E-state index contributed by atoms with van der Waals surface area (Å²) >= 11 is 0. The van der Waals surface area contributed by atoms with Gasteiger partial charge in [-0.25, -0.2) is 4.39 Å². The van der Waals surface area contributed by atoms with Crippen molar-refractivity contribution in [1.82, 2.24) is 4.98 Å². The number of hydrogen-bond donors (Lipinski definition) is 1. The van der Waals surface area contributed by atoms with Crippen molar-refractivity contribution in [2.75, 3.05) is 18.0 Å². The maximum atomic E-state index is 13.8. The van der Waals surface area contributed by atoms with Crippen LogP contribution in [-0.2, 0) is 0 Å². The Kier molecular flexibility index (Phi) is 3.71. The number of aryl methyl sites for hydroxylation is 1. The third-order valence-electron chi connectivity index (χ3n) is 4.45. The number of hydrogen-bond acceptors (Lipinski definition) is 4. The molecule has 22 heavy (non-hydrogen) atoms. The largest absolute Gasteiger partial charge is 0.391 e. The molecule has 0 amide bonds. The number of halogens is 1. The highest BCUT2D eigenvalue weighted by atomic mass is 19.1. The van der Waals surface area contributed by atoms with Gasteiger partial charge in [0.05, 0.1) is 22.9 Å². The topological polar surface area (TPSA) is 60.1 Å². The molecule has 2 atom stereocenters. The van der Waals surface area contributed by atoms with Gasteiger partial charge in [-0.3, -0.25) is 4.98 Å². The Morgan fingerprint density at radius 3 is 2.91 bits per heavy atom. The summed E-state index contributed by atoms with van der Waals surface area (Å²) in [5, 5.41) is 20.2. The van der Waals surface area contributed by atoms with Crippen molar-refractivity contribution in [1.29, 1.82) is 5.26 Å². The van der Waals surface area contributed by atoms with Crippen molar-refractivity contribution in [2.24, 2.45) is 5.92 Å². The summed E-state index contributed by atoms with van der Waals surface area (Å²) in [4.78, 5) is 6.28. The fraction of sp³-hybridized carbons (Fsp3) is 0.412. The van der Waals surface area contributed by atoms with E-state index in [0.717, 1.165) is 18.5 Å². The molecule has 1 N–H and O–H groups in total. The molecule has 2 heterocycles. The van der Waals surface area contributed by atoms with Gasteiger partial charge in [0.25, 0.3) is 0 Å². The summed E-state index contributed by atoms with van der Waals surface area (Å²) in [7, 11) is 0. The van der Waals surface area contributed by atoms with Crippen molar-refractivity contribution < 1.29 is 9.50 Å². The van der Waals surface area contributed by atoms with Crippen LogP contribution in [0.5, 0.6) is 0 Å². The number of rotatable bonds is 1. The quantitative estimate of drug-likeness (QED) is 0.879. The molecular weight excluding hydrogens is 281 g/mol. The Balaban J connectivity index is 2.20. The van der Waals surface area contributed by atoms with Gasteiger partial charge in [-0.15, -0.1) is 0 Å². The lowest BCUT2D eigenvalue weighted by Crippen LogP contribution is -2.43. The van der Waals surface area contributed by atoms with E-state index in [-0.39, 0.29) is 11.7 Å². The second-order valence-electron chi connectivity index (χ2n) is 6.03. The molecule has 2 aromatic rings. The third-order valence-corrected chi connectivity index (χ3v) is 4.45. The number of fused-ring (bicyclic) bond motifs is 1. The van der Waals surface area contributed by atoms with E-state index in [0.29, 0.717) is 28.7 Å². The molecular formula is C17H18FN3O. The van der Waals surface area contributed by atoms with Gasteiger partial charge in [0.15, 0.2) is 0 Å². The highest BCUT2D eigenvalue weighted by molar-refractivity contribution is 5.96. The molecule has 2 unspecified atom stereocenters. The van der Waals surface area contributed by atoms with Gasteiger partial charge in [-0.1, -0.05) is 6.92 Å². The van der Waals surface area contributed by atoms with E-state index in [1.165, 1.54) is 18.3 Å². The summed E-state index contributed by atoms with van der Waals surface area (Å²) in [6.45, 7) is 5.01. The van der Waals surface area contributed by atoms with Crippen molar-refractivity contribution in [3.8, 4) is 6.07 Å². The molecule has 4 nitrogen and oxygen atoms in total. The van der Waals surface area contributed by atoms with Crippen LogP contribution < -0.4 is 4.90 Å². The Morgan fingerprint density at radius 2 is 2.23 bits per heavy atom. The Labute approximate surface area is 128 Å². The number of aliphatic hydroxyl groups is 1. The maximum absolute atomic E-state index is 13.8. The minimum Gasteiger partial charge on any atom is -0.391 e. The maximum Gasteiger partial charge on any atom is 0.124 e. The fourth-order valence-corrected chi connectivity index (χ4v) is 3.10. The van der Waals surface area contributed by atoms with E-state index in [1.54, 1.807) is 6.92 Å². The minimum atomic E-state index is -0.446. The van der Waals surface area contributed by atoms with Crippen LogP contribution in [-0.4, -0.2) is 29.3 Å². The summed E-state index contributed by atoms with van der Waals surface area (Å²) in [5.41, 5.74) is 2.54. The molecule has 0 aliphatic carbocycles. The molecule has 5 heteroatoms. The highest BCUT2D eigenvalue weighted by Gasteiger charge is 2.27. The lowest BCUT2D eigenvalue weighted by atomic mass is 9.94. The van der Waals surface area contributed by atoms with Gasteiger partial charge < -0.3 is 10.0 Å². The molecule has 1 aromatic carbocycles. The first-order chi connectivity index (χ1) is 10.5. The third kappa shape index (κ3) is 2.40. The standard InChI is InChI=1S/C17H18FN3O/c1-10-3-4-21(9-15(10)22)17-12(7-19)8-20-16-11(2)5-13(18)6-14(16)17/h5-6,8,10,15,22H,3-4,9H2,1-2H3. The van der Waals surface area contributed by atoms with Crippen LogP contribution in [0.25, 0.3) is 10.9 Å². The number of piperidine rings is 1. The summed E-state index contributed by atoms with van der Waals surface area (Å²) in [6.07, 6.45) is 1.93. The lowest BCUT2D eigenvalue weighted by Gasteiger charge is -2.36. The van der Waals surface area contributed by atoms with E-state index >= 15 is 0 Å². The van der Waals surface area contributed by atoms with Crippen LogP contribution in [0.4, 0.5) is 10.1 Å². The van der Waals surface area contributed by atoms with Crippen molar-refractivity contribution in [3.05, 3.63) is 35.3 Å². The van der Waals surface area contributed by atoms with Crippen molar-refractivity contribution >= 4 is 16.6 Å². The average molecular weight is 299 g/mol. The molecule has 1 aliphatic heterocycles. The number of pyridine rings is 1. The number of β-amino-alcohol motifs (C(OH)–C–C–N with tert-alkyl or cyclic N) is 1. The average Bonchev–Trinajstić information content (AvgIpc) is 2.48. The van der Waals surface area contributed by atoms with Gasteiger partial charge in [0.2, 0.25) is 0 Å². The molecule has 0 radical (unpaired) electrons. The fourth-order valence-electron chi connectivity index (χ4n) is 3.10. The van der Waals surface area contributed by atoms with Gasteiger partial charge in [-0.05, 0) is 37.0 Å². The zero-order valence-corrected chi connectivity index (χ0v) is 12.7. The van der Waals surface area contributed by atoms with Crippen LogP contribution in [0.15, 0.2) is 18.3 Å². The number of anilines is 1. The molecule has 0 spiro atoms. The molecule has 1 aromatic heterocycles. The van der Waals surface area contributed by atoms with Gasteiger partial charge >= 0.3 is 0 Å². The van der Waals surface area contributed by atoms with Gasteiger partial charge in [0.1, 0.15) is 11.9 Å². The second-order valence-corrected chi connectivity index (χ2v) is 6.03. The van der Waals surface area contributed by atoms with E-state index < -0.39 is 6.10 Å². The molecule has 1 fully saturated rings. The predicted molar refractivity (Wildman–Crippen MR) is 83.2 cm³/mol. The SMILES string of the molecule is Cc1cc(F)cc2c(N3CCC(C)C(O)C3)c(C#N)cnc12. The van der Waals surface area contributed by atoms with E-state index in [2.05, 4.69) is 11.1 Å². The van der Waals surface area contributed by atoms with Crippen LogP contribution in [0.1, 0.15) is 24.5 Å². The number of nitrogens with zero attached hydrogens (tertiary/aromatic N) is 3. The van der Waals surface area contributed by atoms with Crippen LogP contribution in [0.2, 0.25) is 0 Å². The van der Waals surface area contributed by atoms with Gasteiger partial charge in [0, 0.05) is 24.7 Å². The van der Waals surface area contributed by atoms with Crippen LogP contribution in [0.3, 0.4) is 0 Å². The Morgan fingerprint density at radius 1 is 1.45 bits per heavy atom. The summed E-state index contributed by atoms with van der Waals surface area (Å²) in [5.74, 6) is -0.109. The first-order valence-corrected chi connectivity index (χ1v) is 7.43. The molecule has 0 bridgehead atoms. The summed E-state index contributed by atoms with van der Waals surface area (Å²) < 4.78 is 13.8. The van der Waals surface area contributed by atoms with Gasteiger partial charge in [-0.2, -0.15) is 5.26 Å². The monoisotopic (exact) mass is 299 g/mol. The van der Waals surface area contributed by atoms with E-state index in [4.69, 9.17) is 0 Å². The number of benzene rings is 1. The Hall–Kier alpha value is -2.19. The Bertz CT molecular complexity index is 769. The first kappa shape index (κ1) is 14.7. The predicted octanol–water partition coefficient (Wildman–Crippen LogP) is 2.76. The zero-order valence-electron chi connectivity index (χ0n) is 12.7. The molecule has 1 aliphatic rings. The molecule has 0 saturated carbocycles. The molecule has 114 valence electrons. The van der Waals surface area contributed by atoms with Crippen LogP contribution >= 0.6 is 0 Å². The lowest BCUT2D eigenvalue weighted by molar-refractivity contribution is 0.103. The molecule has 1 saturated heterocycles. The second kappa shape index (κ2) is 5.54. The highest BCUT2D eigenvalue weighted by Crippen LogP contribution is 2.34.